The number of rotatable bonds is 4. The van der Waals surface area contributed by atoms with Gasteiger partial charge in [0.05, 0.1) is 11.5 Å². The summed E-state index contributed by atoms with van der Waals surface area (Å²) in [6.07, 6.45) is 3.84. The van der Waals surface area contributed by atoms with Gasteiger partial charge in [0.15, 0.2) is 0 Å². The van der Waals surface area contributed by atoms with Crippen molar-refractivity contribution in [1.29, 1.82) is 0 Å². The second-order valence-electron chi connectivity index (χ2n) is 6.37. The Morgan fingerprint density at radius 1 is 1.36 bits per heavy atom. The number of aliphatic hydroxyl groups is 1. The Kier molecular flexibility index (Phi) is 5.84. The molecule has 3 atom stereocenters. The van der Waals surface area contributed by atoms with Crippen molar-refractivity contribution in [3.8, 4) is 0 Å². The summed E-state index contributed by atoms with van der Waals surface area (Å²) < 4.78 is 0. The number of carbonyl (C=O) groups excluding carboxylic acids is 1. The highest BCUT2D eigenvalue weighted by Crippen LogP contribution is 2.43. The summed E-state index contributed by atoms with van der Waals surface area (Å²) in [5.74, 6) is 0.576. The molecule has 0 spiro atoms. The van der Waals surface area contributed by atoms with Crippen LogP contribution in [0.25, 0.3) is 0 Å². The van der Waals surface area contributed by atoms with Gasteiger partial charge >= 0.3 is 0 Å². The van der Waals surface area contributed by atoms with E-state index >= 15 is 0 Å². The Morgan fingerprint density at radius 3 is 2.91 bits per heavy atom. The van der Waals surface area contributed by atoms with Gasteiger partial charge in [0, 0.05) is 13.1 Å². The summed E-state index contributed by atoms with van der Waals surface area (Å²) in [7, 11) is 0. The van der Waals surface area contributed by atoms with Crippen LogP contribution in [0, 0.1) is 11.3 Å². The highest BCUT2D eigenvalue weighted by molar-refractivity contribution is 5.85. The molecule has 1 aliphatic carbocycles. The number of hydrogen-bond donors (Lipinski definition) is 3. The van der Waals surface area contributed by atoms with E-state index in [1.165, 1.54) is 6.42 Å². The van der Waals surface area contributed by atoms with E-state index in [1.54, 1.807) is 0 Å². The third-order valence-corrected chi connectivity index (χ3v) is 5.13. The van der Waals surface area contributed by atoms with Crippen molar-refractivity contribution in [2.75, 3.05) is 19.6 Å². The molecular weight excluding hydrogens is 300 g/mol. The van der Waals surface area contributed by atoms with Crippen molar-refractivity contribution in [3.05, 3.63) is 35.9 Å². The summed E-state index contributed by atoms with van der Waals surface area (Å²) in [4.78, 5) is 12.7. The van der Waals surface area contributed by atoms with E-state index in [0.717, 1.165) is 37.9 Å². The van der Waals surface area contributed by atoms with Crippen molar-refractivity contribution >= 4 is 18.3 Å². The third kappa shape index (κ3) is 3.29. The monoisotopic (exact) mass is 324 g/mol. The molecule has 1 heterocycles. The highest BCUT2D eigenvalue weighted by Gasteiger charge is 2.49. The molecule has 0 radical (unpaired) electrons. The number of nitrogens with one attached hydrogen (secondary N) is 2. The van der Waals surface area contributed by atoms with Gasteiger partial charge in [0.2, 0.25) is 5.91 Å². The van der Waals surface area contributed by atoms with Crippen LogP contribution in [0.1, 0.15) is 37.4 Å². The van der Waals surface area contributed by atoms with Crippen LogP contribution < -0.4 is 10.6 Å². The fourth-order valence-corrected chi connectivity index (χ4v) is 3.85. The van der Waals surface area contributed by atoms with Crippen molar-refractivity contribution in [2.45, 2.75) is 31.8 Å². The molecule has 1 amide bonds. The fourth-order valence-electron chi connectivity index (χ4n) is 3.85. The molecule has 1 aliphatic heterocycles. The molecule has 3 N–H and O–H groups in total. The van der Waals surface area contributed by atoms with Gasteiger partial charge in [-0.25, -0.2) is 0 Å². The van der Waals surface area contributed by atoms with Crippen molar-refractivity contribution in [3.63, 3.8) is 0 Å². The first-order valence-electron chi connectivity index (χ1n) is 7.94. The largest absolute Gasteiger partial charge is 0.387 e. The number of halogens is 1. The molecule has 5 heteroatoms. The summed E-state index contributed by atoms with van der Waals surface area (Å²) in [5, 5.41) is 16.5. The van der Waals surface area contributed by atoms with Gasteiger partial charge < -0.3 is 15.7 Å². The predicted octanol–water partition coefficient (Wildman–Crippen LogP) is 2.04. The van der Waals surface area contributed by atoms with Crippen LogP contribution in [-0.4, -0.2) is 30.6 Å². The lowest BCUT2D eigenvalue weighted by molar-refractivity contribution is -0.134. The molecule has 0 bridgehead atoms. The highest BCUT2D eigenvalue weighted by atomic mass is 35.5. The topological polar surface area (TPSA) is 61.4 Å². The summed E-state index contributed by atoms with van der Waals surface area (Å²) in [6, 6.07) is 9.49. The lowest BCUT2D eigenvalue weighted by Gasteiger charge is -2.37. The Bertz CT molecular complexity index is 497. The Morgan fingerprint density at radius 2 is 2.14 bits per heavy atom. The molecule has 1 aromatic rings. The fraction of sp³-hybridized carbons (Fsp3) is 0.588. The maximum atomic E-state index is 12.7. The van der Waals surface area contributed by atoms with E-state index in [1.807, 2.05) is 30.3 Å². The SMILES string of the molecule is Cl.O=C(NCC(O)c1ccccc1)[C@@]12CCCC[C@H]1CNC2. The molecule has 122 valence electrons. The van der Waals surface area contributed by atoms with E-state index in [0.29, 0.717) is 5.92 Å². The summed E-state index contributed by atoms with van der Waals surface area (Å²) in [6.45, 7) is 2.02. The van der Waals surface area contributed by atoms with Crippen LogP contribution in [0.3, 0.4) is 0 Å². The van der Waals surface area contributed by atoms with E-state index in [-0.39, 0.29) is 30.3 Å². The molecule has 4 nitrogen and oxygen atoms in total. The molecule has 22 heavy (non-hydrogen) atoms. The zero-order valence-electron chi connectivity index (χ0n) is 12.8. The molecule has 0 aromatic heterocycles. The van der Waals surface area contributed by atoms with Gasteiger partial charge in [-0.05, 0) is 30.9 Å². The average molecular weight is 325 g/mol. The Balaban J connectivity index is 0.00000176. The zero-order valence-corrected chi connectivity index (χ0v) is 13.6. The van der Waals surface area contributed by atoms with Gasteiger partial charge in [-0.15, -0.1) is 12.4 Å². The first-order valence-corrected chi connectivity index (χ1v) is 7.94. The van der Waals surface area contributed by atoms with Gasteiger partial charge in [0.1, 0.15) is 0 Å². The number of benzene rings is 1. The maximum absolute atomic E-state index is 12.7. The lowest BCUT2D eigenvalue weighted by Crippen LogP contribution is -2.48. The van der Waals surface area contributed by atoms with Gasteiger partial charge in [-0.2, -0.15) is 0 Å². The van der Waals surface area contributed by atoms with Gasteiger partial charge in [0.25, 0.3) is 0 Å². The van der Waals surface area contributed by atoms with Gasteiger partial charge in [-0.1, -0.05) is 43.2 Å². The zero-order chi connectivity index (χ0) is 14.7. The van der Waals surface area contributed by atoms with E-state index < -0.39 is 6.10 Å². The van der Waals surface area contributed by atoms with Crippen LogP contribution in [0.4, 0.5) is 0 Å². The smallest absolute Gasteiger partial charge is 0.227 e. The van der Waals surface area contributed by atoms with Crippen LogP contribution in [-0.2, 0) is 4.79 Å². The van der Waals surface area contributed by atoms with Crippen LogP contribution >= 0.6 is 12.4 Å². The van der Waals surface area contributed by atoms with E-state index in [2.05, 4.69) is 10.6 Å². The lowest BCUT2D eigenvalue weighted by atomic mass is 9.67. The predicted molar refractivity (Wildman–Crippen MR) is 88.9 cm³/mol. The summed E-state index contributed by atoms with van der Waals surface area (Å²) >= 11 is 0. The molecule has 1 unspecified atom stereocenters. The van der Waals surface area contributed by atoms with Crippen molar-refractivity contribution in [1.82, 2.24) is 10.6 Å². The second kappa shape index (κ2) is 7.44. The number of aliphatic hydroxyl groups excluding tert-OH is 1. The number of fused-ring (bicyclic) bond motifs is 1. The number of carbonyl (C=O) groups is 1. The number of amides is 1. The first-order chi connectivity index (χ1) is 10.2. The first kappa shape index (κ1) is 17.3. The molecule has 1 aromatic carbocycles. The van der Waals surface area contributed by atoms with E-state index in [4.69, 9.17) is 0 Å². The van der Waals surface area contributed by atoms with Crippen LogP contribution in [0.2, 0.25) is 0 Å². The Hall–Kier alpha value is -1.10. The molecule has 1 saturated heterocycles. The van der Waals surface area contributed by atoms with E-state index in [9.17, 15) is 9.90 Å². The minimum atomic E-state index is -0.636. The quantitative estimate of drug-likeness (QED) is 0.794. The maximum Gasteiger partial charge on any atom is 0.227 e. The molecule has 2 aliphatic rings. The van der Waals surface area contributed by atoms with Crippen LogP contribution in [0.5, 0.6) is 0 Å². The molecular formula is C17H25ClN2O2. The third-order valence-electron chi connectivity index (χ3n) is 5.13. The number of hydrogen-bond acceptors (Lipinski definition) is 3. The van der Waals surface area contributed by atoms with Crippen LogP contribution in [0.15, 0.2) is 30.3 Å². The molecule has 2 fully saturated rings. The minimum Gasteiger partial charge on any atom is -0.387 e. The Labute approximate surface area is 138 Å². The summed E-state index contributed by atoms with van der Waals surface area (Å²) in [5.41, 5.74) is 0.606. The minimum absolute atomic E-state index is 0. The normalized spacial score (nSPS) is 28.3. The average Bonchev–Trinajstić information content (AvgIpc) is 2.98. The molecule has 3 rings (SSSR count). The van der Waals surface area contributed by atoms with Gasteiger partial charge in [-0.3, -0.25) is 4.79 Å². The second-order valence-corrected chi connectivity index (χ2v) is 6.37. The standard InChI is InChI=1S/C17H24N2O2.ClH/c20-15(13-6-2-1-3-7-13)11-19-16(21)17-9-5-4-8-14(17)10-18-12-17;/h1-3,6-7,14-15,18,20H,4-5,8-12H2,(H,19,21);1H/t14-,15?,17+;/m0./s1. The van der Waals surface area contributed by atoms with Crippen molar-refractivity contribution < 1.29 is 9.90 Å². The molecule has 1 saturated carbocycles. The van der Waals surface area contributed by atoms with Crippen molar-refractivity contribution in [2.24, 2.45) is 11.3 Å².